The molecule has 104 valence electrons. The van der Waals surface area contributed by atoms with E-state index >= 15 is 0 Å². The Morgan fingerprint density at radius 1 is 1.10 bits per heavy atom. The van der Waals surface area contributed by atoms with Gasteiger partial charge in [-0.15, -0.1) is 0 Å². The molecule has 21 heavy (non-hydrogen) atoms. The summed E-state index contributed by atoms with van der Waals surface area (Å²) in [5.41, 5.74) is 2.77. The molecule has 2 heterocycles. The van der Waals surface area contributed by atoms with Crippen molar-refractivity contribution in [2.75, 3.05) is 5.32 Å². The van der Waals surface area contributed by atoms with Crippen LogP contribution in [0.2, 0.25) is 5.02 Å². The second-order valence-electron chi connectivity index (χ2n) is 4.31. The Bertz CT molecular complexity index is 965. The number of rotatable bonds is 2. The van der Waals surface area contributed by atoms with Crippen LogP contribution in [0.25, 0.3) is 21.3 Å². The van der Waals surface area contributed by atoms with Crippen LogP contribution >= 0.6 is 34.7 Å². The van der Waals surface area contributed by atoms with E-state index in [1.54, 1.807) is 12.1 Å². The SMILES string of the molecule is Fc1ccc2sc(Nc3c(Cl)ccc4nsnc34)nc2c1. The largest absolute Gasteiger partial charge is 0.328 e. The van der Waals surface area contributed by atoms with Crippen molar-refractivity contribution < 1.29 is 4.39 Å². The van der Waals surface area contributed by atoms with Crippen LogP contribution in [0, 0.1) is 5.82 Å². The number of nitrogens with one attached hydrogen (secondary N) is 1. The fourth-order valence-electron chi connectivity index (χ4n) is 2.01. The van der Waals surface area contributed by atoms with Crippen LogP contribution in [0.1, 0.15) is 0 Å². The van der Waals surface area contributed by atoms with E-state index in [1.165, 1.54) is 23.5 Å². The summed E-state index contributed by atoms with van der Waals surface area (Å²) in [6, 6.07) is 8.12. The molecule has 0 unspecified atom stereocenters. The van der Waals surface area contributed by atoms with Crippen LogP contribution in [0.4, 0.5) is 15.2 Å². The Labute approximate surface area is 131 Å². The lowest BCUT2D eigenvalue weighted by molar-refractivity contribution is 0.629. The van der Waals surface area contributed by atoms with Gasteiger partial charge < -0.3 is 5.32 Å². The summed E-state index contributed by atoms with van der Waals surface area (Å²) >= 11 is 8.78. The molecule has 0 amide bonds. The smallest absolute Gasteiger partial charge is 0.188 e. The number of fused-ring (bicyclic) bond motifs is 2. The van der Waals surface area contributed by atoms with Gasteiger partial charge in [-0.2, -0.15) is 8.75 Å². The van der Waals surface area contributed by atoms with Gasteiger partial charge in [0.15, 0.2) is 5.13 Å². The maximum absolute atomic E-state index is 13.2. The zero-order valence-electron chi connectivity index (χ0n) is 10.3. The molecule has 0 saturated carbocycles. The summed E-state index contributed by atoms with van der Waals surface area (Å²) in [5, 5.41) is 4.35. The highest BCUT2D eigenvalue weighted by Gasteiger charge is 2.12. The van der Waals surface area contributed by atoms with Gasteiger partial charge in [-0.3, -0.25) is 0 Å². The van der Waals surface area contributed by atoms with Crippen LogP contribution in [0.5, 0.6) is 0 Å². The number of thiazole rings is 1. The molecule has 4 aromatic rings. The Kier molecular flexibility index (Phi) is 2.99. The van der Waals surface area contributed by atoms with Crippen molar-refractivity contribution in [1.82, 2.24) is 13.7 Å². The average Bonchev–Trinajstić information content (AvgIpc) is 3.07. The van der Waals surface area contributed by atoms with Crippen LogP contribution in [-0.2, 0) is 0 Å². The molecule has 0 bridgehead atoms. The predicted octanol–water partition coefficient (Wildman–Crippen LogP) is 4.84. The van der Waals surface area contributed by atoms with Crippen molar-refractivity contribution in [1.29, 1.82) is 0 Å². The zero-order chi connectivity index (χ0) is 14.4. The van der Waals surface area contributed by atoms with Crippen molar-refractivity contribution >= 4 is 66.7 Å². The quantitative estimate of drug-likeness (QED) is 0.569. The lowest BCUT2D eigenvalue weighted by atomic mass is 10.2. The maximum atomic E-state index is 13.2. The molecule has 0 radical (unpaired) electrons. The number of hydrogen-bond donors (Lipinski definition) is 1. The van der Waals surface area contributed by atoms with Gasteiger partial charge in [0.2, 0.25) is 0 Å². The van der Waals surface area contributed by atoms with Gasteiger partial charge in [0.05, 0.1) is 32.7 Å². The molecule has 2 aromatic carbocycles. The fourth-order valence-corrected chi connectivity index (χ4v) is 3.60. The van der Waals surface area contributed by atoms with E-state index < -0.39 is 0 Å². The molecule has 8 heteroatoms. The van der Waals surface area contributed by atoms with Gasteiger partial charge >= 0.3 is 0 Å². The minimum atomic E-state index is -0.303. The molecule has 0 spiro atoms. The van der Waals surface area contributed by atoms with Gasteiger partial charge in [0.1, 0.15) is 16.9 Å². The summed E-state index contributed by atoms with van der Waals surface area (Å²) in [5.74, 6) is -0.303. The first kappa shape index (κ1) is 12.9. The van der Waals surface area contributed by atoms with Crippen LogP contribution < -0.4 is 5.32 Å². The van der Waals surface area contributed by atoms with Crippen molar-refractivity contribution in [3.05, 3.63) is 41.2 Å². The van der Waals surface area contributed by atoms with Crippen molar-refractivity contribution in [2.45, 2.75) is 0 Å². The normalized spacial score (nSPS) is 11.3. The molecule has 4 nitrogen and oxygen atoms in total. The minimum Gasteiger partial charge on any atom is -0.328 e. The number of halogens is 2. The molecular weight excluding hydrogens is 331 g/mol. The first-order valence-electron chi connectivity index (χ1n) is 5.94. The Balaban J connectivity index is 1.82. The van der Waals surface area contributed by atoms with Crippen molar-refractivity contribution in [2.24, 2.45) is 0 Å². The highest BCUT2D eigenvalue weighted by Crippen LogP contribution is 2.35. The molecule has 1 N–H and O–H groups in total. The monoisotopic (exact) mass is 336 g/mol. The van der Waals surface area contributed by atoms with E-state index in [1.807, 2.05) is 6.07 Å². The molecule has 0 saturated heterocycles. The summed E-state index contributed by atoms with van der Waals surface area (Å²) in [4.78, 5) is 4.37. The number of aromatic nitrogens is 3. The van der Waals surface area contributed by atoms with Crippen LogP contribution in [-0.4, -0.2) is 13.7 Å². The van der Waals surface area contributed by atoms with Gasteiger partial charge in [-0.25, -0.2) is 9.37 Å². The molecule has 0 fully saturated rings. The highest BCUT2D eigenvalue weighted by molar-refractivity contribution is 7.22. The topological polar surface area (TPSA) is 50.7 Å². The summed E-state index contributed by atoms with van der Waals surface area (Å²) in [6.07, 6.45) is 0. The Morgan fingerprint density at radius 2 is 2.00 bits per heavy atom. The average molecular weight is 337 g/mol. The third-order valence-corrected chi connectivity index (χ3v) is 4.77. The molecule has 4 rings (SSSR count). The van der Waals surface area contributed by atoms with Gasteiger partial charge in [-0.1, -0.05) is 22.9 Å². The lowest BCUT2D eigenvalue weighted by Crippen LogP contribution is -1.91. The fraction of sp³-hybridized carbons (Fsp3) is 0. The van der Waals surface area contributed by atoms with E-state index in [-0.39, 0.29) is 5.82 Å². The number of benzene rings is 2. The predicted molar refractivity (Wildman–Crippen MR) is 85.3 cm³/mol. The Hall–Kier alpha value is -1.83. The summed E-state index contributed by atoms with van der Waals surface area (Å²) in [7, 11) is 0. The van der Waals surface area contributed by atoms with Gasteiger partial charge in [-0.05, 0) is 24.3 Å². The van der Waals surface area contributed by atoms with E-state index in [0.717, 1.165) is 21.9 Å². The molecular formula is C13H6ClFN4S2. The third-order valence-electron chi connectivity index (χ3n) is 2.96. The Morgan fingerprint density at radius 3 is 2.90 bits per heavy atom. The van der Waals surface area contributed by atoms with Crippen molar-refractivity contribution in [3.8, 4) is 0 Å². The first-order chi connectivity index (χ1) is 10.2. The van der Waals surface area contributed by atoms with E-state index in [2.05, 4.69) is 19.0 Å². The van der Waals surface area contributed by atoms with E-state index in [0.29, 0.717) is 26.9 Å². The lowest BCUT2D eigenvalue weighted by Gasteiger charge is -2.05. The van der Waals surface area contributed by atoms with Crippen molar-refractivity contribution in [3.63, 3.8) is 0 Å². The molecule has 0 aliphatic heterocycles. The van der Waals surface area contributed by atoms with Gasteiger partial charge in [0.25, 0.3) is 0 Å². The number of hydrogen-bond acceptors (Lipinski definition) is 6. The minimum absolute atomic E-state index is 0.303. The molecule has 0 aliphatic carbocycles. The van der Waals surface area contributed by atoms with Gasteiger partial charge in [0, 0.05) is 6.07 Å². The summed E-state index contributed by atoms with van der Waals surface area (Å²) < 4.78 is 22.5. The maximum Gasteiger partial charge on any atom is 0.188 e. The number of anilines is 2. The van der Waals surface area contributed by atoms with Crippen LogP contribution in [0.3, 0.4) is 0 Å². The molecule has 0 atom stereocenters. The summed E-state index contributed by atoms with van der Waals surface area (Å²) in [6.45, 7) is 0. The van der Waals surface area contributed by atoms with Crippen LogP contribution in [0.15, 0.2) is 30.3 Å². The first-order valence-corrected chi connectivity index (χ1v) is 7.87. The highest BCUT2D eigenvalue weighted by atomic mass is 35.5. The number of nitrogens with zero attached hydrogens (tertiary/aromatic N) is 3. The second kappa shape index (κ2) is 4.87. The standard InChI is InChI=1S/C13H6ClFN4S2/c14-7-2-3-8-12(19-21-18-8)11(7)17-13-16-9-5-6(15)1-4-10(9)20-13/h1-5H,(H,16,17). The molecule has 0 aliphatic rings. The van der Waals surface area contributed by atoms with E-state index in [4.69, 9.17) is 11.6 Å². The third kappa shape index (κ3) is 2.23. The molecule has 2 aromatic heterocycles. The van der Waals surface area contributed by atoms with E-state index in [9.17, 15) is 4.39 Å². The zero-order valence-corrected chi connectivity index (χ0v) is 12.7. The second-order valence-corrected chi connectivity index (χ2v) is 6.28.